The Labute approximate surface area is 307 Å². The van der Waals surface area contributed by atoms with Gasteiger partial charge in [0.2, 0.25) is 0 Å². The minimum atomic E-state index is -2.39. The van der Waals surface area contributed by atoms with Gasteiger partial charge in [-0.25, -0.2) is 0 Å². The smallest absolute Gasteiger partial charge is 0.308 e. The Morgan fingerprint density at radius 1 is 0.816 bits per heavy atom. The van der Waals surface area contributed by atoms with Crippen LogP contribution < -0.4 is 0 Å². The van der Waals surface area contributed by atoms with Crippen LogP contribution in [0.4, 0.5) is 0 Å². The van der Waals surface area contributed by atoms with E-state index in [2.05, 4.69) is 122 Å². The molecule has 6 nitrogen and oxygen atoms in total. The summed E-state index contributed by atoms with van der Waals surface area (Å²) in [6.07, 6.45) is 4.20. The second kappa shape index (κ2) is 16.6. The van der Waals surface area contributed by atoms with Gasteiger partial charge in [-0.1, -0.05) is 102 Å². The molecule has 0 spiro atoms. The van der Waals surface area contributed by atoms with E-state index in [1.54, 1.807) is 0 Å². The quantitative estimate of drug-likeness (QED) is 0.147. The molecule has 0 N–H and O–H groups in total. The maximum absolute atomic E-state index is 14.9. The van der Waals surface area contributed by atoms with Crippen LogP contribution in [-0.4, -0.2) is 61.1 Å². The summed E-state index contributed by atoms with van der Waals surface area (Å²) in [4.78, 5) is 29.0. The second-order valence-corrected chi connectivity index (χ2v) is 34.8. The van der Waals surface area contributed by atoms with Crippen molar-refractivity contribution in [1.82, 2.24) is 0 Å². The van der Waals surface area contributed by atoms with Gasteiger partial charge in [-0.15, -0.1) is 0 Å². The Kier molecular flexibility index (Phi) is 15.7. The van der Waals surface area contributed by atoms with Gasteiger partial charge in [0.25, 0.3) is 0 Å². The molecule has 6 atom stereocenters. The summed E-state index contributed by atoms with van der Waals surface area (Å²) >= 11 is 0. The van der Waals surface area contributed by atoms with Crippen LogP contribution in [0.15, 0.2) is 11.6 Å². The summed E-state index contributed by atoms with van der Waals surface area (Å²) in [5.41, 5.74) is 0.334. The van der Waals surface area contributed by atoms with Crippen LogP contribution in [-0.2, 0) is 27.6 Å². The van der Waals surface area contributed by atoms with E-state index in [1.807, 2.05) is 27.7 Å². The summed E-state index contributed by atoms with van der Waals surface area (Å²) in [7, 11) is -6.71. The van der Waals surface area contributed by atoms with Crippen LogP contribution in [0.1, 0.15) is 136 Å². The molecule has 0 aromatic carbocycles. The molecule has 1 aliphatic heterocycles. The fourth-order valence-electron chi connectivity index (χ4n) is 5.81. The number of carbonyl (C=O) groups excluding carboxylic acids is 2. The molecule has 1 aliphatic rings. The molecule has 0 amide bonds. The molecule has 0 radical (unpaired) electrons. The van der Waals surface area contributed by atoms with Gasteiger partial charge in [-0.2, -0.15) is 0 Å². The zero-order valence-electron chi connectivity index (χ0n) is 36.0. The van der Waals surface area contributed by atoms with Crippen LogP contribution in [0.5, 0.6) is 0 Å². The zero-order valence-corrected chi connectivity index (χ0v) is 39.0. The number of carbonyl (C=O) groups is 2. The molecule has 49 heavy (non-hydrogen) atoms. The van der Waals surface area contributed by atoms with Crippen molar-refractivity contribution >= 4 is 36.7 Å². The summed E-state index contributed by atoms with van der Waals surface area (Å²) in [5, 5.41) is -0.0591. The number of Topliss-reactive ketones (excluding diaryl/α,β-unsaturated/α-hetero) is 1. The molecule has 0 fully saturated rings. The Balaban J connectivity index is 3.79. The lowest BCUT2D eigenvalue weighted by atomic mass is 9.73. The number of allylic oxidation sites excluding steroid dienone is 1. The van der Waals surface area contributed by atoms with Crippen molar-refractivity contribution in [3.8, 4) is 0 Å². The summed E-state index contributed by atoms with van der Waals surface area (Å²) < 4.78 is 27.4. The number of ketones is 1. The minimum Gasteiger partial charge on any atom is -0.459 e. The Hall–Kier alpha value is -0.589. The third kappa shape index (κ3) is 12.5. The standard InChI is InChI=1S/C40H80O6Si3/c1-28-23-22-24-29(2)35(46-49(20,21)39(11,12)13)30(3)36(42)40(14,15)33(45-48(18,19)38(8,9)10)27-34(41)43-32(26-25-28)31(4)44-47(16,17)37(5,6)7/h25,29-33,35H,22-24,26-27H2,1-21H3/b28-25-/t29-,30+,31?,32-,33-,35-/m0/s1. The van der Waals surface area contributed by atoms with Crippen LogP contribution in [0.3, 0.4) is 0 Å². The molecule has 1 rings (SSSR count). The van der Waals surface area contributed by atoms with Gasteiger partial charge in [0.1, 0.15) is 11.9 Å². The molecule has 0 saturated carbocycles. The number of ether oxygens (including phenoxy) is 1. The molecule has 0 aromatic heterocycles. The largest absolute Gasteiger partial charge is 0.459 e. The van der Waals surface area contributed by atoms with E-state index in [1.165, 1.54) is 5.57 Å². The van der Waals surface area contributed by atoms with Crippen molar-refractivity contribution in [3.05, 3.63) is 11.6 Å². The van der Waals surface area contributed by atoms with E-state index in [-0.39, 0.29) is 57.3 Å². The summed E-state index contributed by atoms with van der Waals surface area (Å²) in [6.45, 7) is 45.9. The van der Waals surface area contributed by atoms with Crippen LogP contribution >= 0.6 is 0 Å². The summed E-state index contributed by atoms with van der Waals surface area (Å²) in [6, 6.07) is 0. The van der Waals surface area contributed by atoms with Crippen molar-refractivity contribution in [2.24, 2.45) is 17.3 Å². The van der Waals surface area contributed by atoms with Gasteiger partial charge in [-0.05, 0) is 93.4 Å². The van der Waals surface area contributed by atoms with Gasteiger partial charge in [-0.3, -0.25) is 9.59 Å². The highest BCUT2D eigenvalue weighted by Gasteiger charge is 2.50. The Bertz CT molecular complexity index is 1140. The monoisotopic (exact) mass is 741 g/mol. The Morgan fingerprint density at radius 2 is 1.29 bits per heavy atom. The van der Waals surface area contributed by atoms with Crippen molar-refractivity contribution in [2.45, 2.75) is 215 Å². The molecule has 1 heterocycles. The topological polar surface area (TPSA) is 71.1 Å². The first-order valence-corrected chi connectivity index (χ1v) is 27.8. The molecular formula is C40H80O6Si3. The first kappa shape index (κ1) is 46.4. The number of rotatable bonds is 7. The van der Waals surface area contributed by atoms with Crippen LogP contribution in [0, 0.1) is 17.3 Å². The average molecular weight is 741 g/mol. The highest BCUT2D eigenvalue weighted by atomic mass is 28.4. The van der Waals surface area contributed by atoms with Gasteiger partial charge in [0.05, 0.1) is 24.7 Å². The predicted molar refractivity (Wildman–Crippen MR) is 216 cm³/mol. The SMILES string of the molecule is C/C1=C/C[C@@H](C(C)O[Si](C)(C)C(C)(C)C)OC(=O)C[C@H](O[Si](C)(C)C(C)(C)C)C(C)(C)C(=O)[C@H](C)[C@@H](O[Si](C)(C)C(C)(C)C)[C@@H](C)CCC1. The van der Waals surface area contributed by atoms with Crippen molar-refractivity contribution < 1.29 is 27.6 Å². The lowest BCUT2D eigenvalue weighted by molar-refractivity contribution is -0.158. The maximum atomic E-state index is 14.9. The number of esters is 1. The number of hydrogen-bond acceptors (Lipinski definition) is 6. The van der Waals surface area contributed by atoms with Crippen LogP contribution in [0.25, 0.3) is 0 Å². The minimum absolute atomic E-state index is 0.00723. The van der Waals surface area contributed by atoms with Crippen molar-refractivity contribution in [3.63, 3.8) is 0 Å². The summed E-state index contributed by atoms with van der Waals surface area (Å²) in [5.74, 6) is -0.418. The Morgan fingerprint density at radius 3 is 1.76 bits per heavy atom. The molecule has 0 aromatic rings. The van der Waals surface area contributed by atoms with Crippen molar-refractivity contribution in [1.29, 1.82) is 0 Å². The van der Waals surface area contributed by atoms with Crippen LogP contribution in [0.2, 0.25) is 54.4 Å². The first-order valence-electron chi connectivity index (χ1n) is 19.1. The van der Waals surface area contributed by atoms with Gasteiger partial charge in [0, 0.05) is 17.8 Å². The lowest BCUT2D eigenvalue weighted by Gasteiger charge is -2.46. The molecule has 9 heteroatoms. The molecule has 1 unspecified atom stereocenters. The van der Waals surface area contributed by atoms with E-state index in [4.69, 9.17) is 18.0 Å². The highest BCUT2D eigenvalue weighted by molar-refractivity contribution is 6.75. The second-order valence-electron chi connectivity index (χ2n) is 20.6. The third-order valence-electron chi connectivity index (χ3n) is 12.8. The normalized spacial score (nSPS) is 28.4. The van der Waals surface area contributed by atoms with Crippen molar-refractivity contribution in [2.75, 3.05) is 0 Å². The highest BCUT2D eigenvalue weighted by Crippen LogP contribution is 2.44. The van der Waals surface area contributed by atoms with E-state index in [0.717, 1.165) is 19.3 Å². The van der Waals surface area contributed by atoms with E-state index in [0.29, 0.717) is 6.42 Å². The van der Waals surface area contributed by atoms with Gasteiger partial charge >= 0.3 is 5.97 Å². The van der Waals surface area contributed by atoms with Gasteiger partial charge in [0.15, 0.2) is 25.0 Å². The molecule has 0 aliphatic carbocycles. The average Bonchev–Trinajstić information content (AvgIpc) is 2.89. The number of hydrogen-bond donors (Lipinski definition) is 0. The van der Waals surface area contributed by atoms with Gasteiger partial charge < -0.3 is 18.0 Å². The molecular weight excluding hydrogens is 661 g/mol. The first-order chi connectivity index (χ1) is 21.7. The lowest BCUT2D eigenvalue weighted by Crippen LogP contribution is -2.54. The number of cyclic esters (lactones) is 1. The fourth-order valence-corrected chi connectivity index (χ4v) is 10.2. The molecule has 288 valence electrons. The van der Waals surface area contributed by atoms with E-state index in [9.17, 15) is 9.59 Å². The molecule has 0 saturated heterocycles. The zero-order chi connectivity index (χ0) is 38.8. The van der Waals surface area contributed by atoms with E-state index >= 15 is 0 Å². The third-order valence-corrected chi connectivity index (χ3v) is 26.3. The fraction of sp³-hybridized carbons (Fsp3) is 0.900. The maximum Gasteiger partial charge on any atom is 0.308 e. The molecule has 0 bridgehead atoms. The predicted octanol–water partition coefficient (Wildman–Crippen LogP) is 11.9. The van der Waals surface area contributed by atoms with E-state index < -0.39 is 42.6 Å².